The third kappa shape index (κ3) is 3.69. The molecular weight excluding hydrogens is 358 g/mol. The van der Waals surface area contributed by atoms with Crippen LogP contribution in [0, 0.1) is 25.2 Å². The lowest BCUT2D eigenvalue weighted by molar-refractivity contribution is -0.117. The van der Waals surface area contributed by atoms with Crippen LogP contribution in [0.25, 0.3) is 0 Å². The van der Waals surface area contributed by atoms with Gasteiger partial charge in [-0.15, -0.1) is 0 Å². The largest absolute Gasteiger partial charge is 0.287 e. The summed E-state index contributed by atoms with van der Waals surface area (Å²) in [6.45, 7) is 3.40. The first-order valence-electron chi connectivity index (χ1n) is 7.11. The minimum absolute atomic E-state index is 0.0193. The highest BCUT2D eigenvalue weighted by Gasteiger charge is 2.16. The fourth-order valence-electron chi connectivity index (χ4n) is 2.25. The molecule has 5 nitrogen and oxygen atoms in total. The number of rotatable bonds is 4. The van der Waals surface area contributed by atoms with Crippen molar-refractivity contribution < 1.29 is 4.79 Å². The quantitative estimate of drug-likeness (QED) is 0.894. The molecule has 0 saturated heterocycles. The van der Waals surface area contributed by atoms with Gasteiger partial charge < -0.3 is 0 Å². The number of pyridine rings is 1. The van der Waals surface area contributed by atoms with Gasteiger partial charge in [-0.2, -0.15) is 5.26 Å². The van der Waals surface area contributed by atoms with Gasteiger partial charge in [0.15, 0.2) is 0 Å². The molecule has 0 aliphatic carbocycles. The molecule has 1 heterocycles. The molecule has 118 valence electrons. The molecule has 1 aromatic carbocycles. The van der Waals surface area contributed by atoms with Crippen molar-refractivity contribution in [1.82, 2.24) is 4.68 Å². The van der Waals surface area contributed by atoms with E-state index in [4.69, 9.17) is 5.26 Å². The zero-order chi connectivity index (χ0) is 17.0. The van der Waals surface area contributed by atoms with Gasteiger partial charge in [0.05, 0.1) is 5.69 Å². The van der Waals surface area contributed by atoms with Crippen LogP contribution in [0.1, 0.15) is 28.8 Å². The molecule has 0 unspecified atom stereocenters. The first kappa shape index (κ1) is 17.0. The molecule has 0 atom stereocenters. The van der Waals surface area contributed by atoms with Gasteiger partial charge in [0.2, 0.25) is 5.91 Å². The number of hydrogen-bond acceptors (Lipinski definition) is 3. The molecule has 23 heavy (non-hydrogen) atoms. The highest BCUT2D eigenvalue weighted by Crippen LogP contribution is 2.20. The summed E-state index contributed by atoms with van der Waals surface area (Å²) in [4.78, 5) is 24.4. The minimum atomic E-state index is -0.515. The number of benzene rings is 1. The van der Waals surface area contributed by atoms with Crippen molar-refractivity contribution in [3.8, 4) is 6.07 Å². The maximum Gasteiger partial charge on any atom is 0.287 e. The SMILES string of the molecule is Cc1c(Br)c(C)n(NC(=O)CCc2ccccc2)c(=O)c1C#N. The van der Waals surface area contributed by atoms with Gasteiger partial charge in [-0.1, -0.05) is 30.3 Å². The van der Waals surface area contributed by atoms with Crippen LogP contribution >= 0.6 is 15.9 Å². The molecule has 0 bridgehead atoms. The smallest absolute Gasteiger partial charge is 0.273 e. The monoisotopic (exact) mass is 373 g/mol. The van der Waals surface area contributed by atoms with Crippen LogP contribution < -0.4 is 11.0 Å². The van der Waals surface area contributed by atoms with Gasteiger partial charge in [0.1, 0.15) is 11.6 Å². The van der Waals surface area contributed by atoms with Gasteiger partial charge in [-0.05, 0) is 47.3 Å². The minimum Gasteiger partial charge on any atom is -0.273 e. The third-order valence-corrected chi connectivity index (χ3v) is 4.77. The predicted molar refractivity (Wildman–Crippen MR) is 91.7 cm³/mol. The van der Waals surface area contributed by atoms with E-state index in [1.807, 2.05) is 36.4 Å². The van der Waals surface area contributed by atoms with Crippen LogP contribution in [-0.2, 0) is 11.2 Å². The Bertz CT molecular complexity index is 836. The van der Waals surface area contributed by atoms with Crippen LogP contribution in [0.5, 0.6) is 0 Å². The molecule has 0 fully saturated rings. The molecule has 0 aliphatic heterocycles. The van der Waals surface area contributed by atoms with E-state index in [9.17, 15) is 9.59 Å². The molecule has 1 amide bonds. The molecule has 2 rings (SSSR count). The van der Waals surface area contributed by atoms with Gasteiger partial charge in [0.25, 0.3) is 5.56 Å². The van der Waals surface area contributed by atoms with Gasteiger partial charge >= 0.3 is 0 Å². The summed E-state index contributed by atoms with van der Waals surface area (Å²) < 4.78 is 1.76. The lowest BCUT2D eigenvalue weighted by Crippen LogP contribution is -2.36. The maximum absolute atomic E-state index is 12.3. The van der Waals surface area contributed by atoms with Crippen molar-refractivity contribution in [2.24, 2.45) is 0 Å². The van der Waals surface area contributed by atoms with E-state index in [0.29, 0.717) is 22.2 Å². The number of carbonyl (C=O) groups is 1. The summed E-state index contributed by atoms with van der Waals surface area (Å²) in [5, 5.41) is 9.13. The van der Waals surface area contributed by atoms with E-state index in [0.717, 1.165) is 10.2 Å². The lowest BCUT2D eigenvalue weighted by atomic mass is 10.1. The zero-order valence-corrected chi connectivity index (χ0v) is 14.5. The molecular formula is C17H16BrN3O2. The molecule has 0 saturated carbocycles. The molecule has 0 spiro atoms. The van der Waals surface area contributed by atoms with Crippen LogP contribution in [0.2, 0.25) is 0 Å². The second-order valence-electron chi connectivity index (χ2n) is 5.17. The first-order chi connectivity index (χ1) is 11.0. The Kier molecular flexibility index (Phi) is 5.35. The maximum atomic E-state index is 12.3. The van der Waals surface area contributed by atoms with Crippen molar-refractivity contribution in [2.75, 3.05) is 5.43 Å². The molecule has 1 aromatic heterocycles. The third-order valence-electron chi connectivity index (χ3n) is 3.61. The second-order valence-corrected chi connectivity index (χ2v) is 5.97. The van der Waals surface area contributed by atoms with Crippen molar-refractivity contribution >= 4 is 21.8 Å². The Labute approximate surface area is 142 Å². The van der Waals surface area contributed by atoms with Crippen molar-refractivity contribution in [3.63, 3.8) is 0 Å². The standard InChI is InChI=1S/C17H16BrN3O2/c1-11-14(10-19)17(23)21(12(2)16(11)18)20-15(22)9-8-13-6-4-3-5-7-13/h3-7H,8-9H2,1-2H3,(H,20,22). The fourth-order valence-corrected chi connectivity index (χ4v) is 2.63. The van der Waals surface area contributed by atoms with E-state index in [1.165, 1.54) is 0 Å². The summed E-state index contributed by atoms with van der Waals surface area (Å²) in [6, 6.07) is 11.5. The Morgan fingerprint density at radius 2 is 1.96 bits per heavy atom. The number of nitrogens with zero attached hydrogens (tertiary/aromatic N) is 2. The van der Waals surface area contributed by atoms with Crippen LogP contribution in [0.4, 0.5) is 0 Å². The van der Waals surface area contributed by atoms with Crippen LogP contribution in [0.3, 0.4) is 0 Å². The average Bonchev–Trinajstić information content (AvgIpc) is 2.56. The Morgan fingerprint density at radius 3 is 2.57 bits per heavy atom. The van der Waals surface area contributed by atoms with Gasteiger partial charge in [0, 0.05) is 10.9 Å². The highest BCUT2D eigenvalue weighted by molar-refractivity contribution is 9.10. The summed E-state index contributed by atoms with van der Waals surface area (Å²) in [5.74, 6) is -0.279. The molecule has 6 heteroatoms. The summed E-state index contributed by atoms with van der Waals surface area (Å²) >= 11 is 3.36. The molecule has 0 aliphatic rings. The molecule has 1 N–H and O–H groups in total. The number of nitrogens with one attached hydrogen (secondary N) is 1. The number of carbonyl (C=O) groups excluding carboxylic acids is 1. The van der Waals surface area contributed by atoms with Crippen molar-refractivity contribution in [2.45, 2.75) is 26.7 Å². The number of aryl methyl sites for hydroxylation is 1. The van der Waals surface area contributed by atoms with Crippen molar-refractivity contribution in [3.05, 3.63) is 67.5 Å². The summed E-state index contributed by atoms with van der Waals surface area (Å²) in [5.41, 5.74) is 4.26. The van der Waals surface area contributed by atoms with Crippen molar-refractivity contribution in [1.29, 1.82) is 5.26 Å². The van der Waals surface area contributed by atoms with E-state index in [1.54, 1.807) is 13.8 Å². The summed E-state index contributed by atoms with van der Waals surface area (Å²) in [7, 11) is 0. The number of amides is 1. The highest BCUT2D eigenvalue weighted by atomic mass is 79.9. The van der Waals surface area contributed by atoms with Crippen LogP contribution in [0.15, 0.2) is 39.6 Å². The van der Waals surface area contributed by atoms with Crippen LogP contribution in [-0.4, -0.2) is 10.6 Å². The second kappa shape index (κ2) is 7.25. The lowest BCUT2D eigenvalue weighted by Gasteiger charge is -2.15. The number of nitriles is 1. The van der Waals surface area contributed by atoms with E-state index < -0.39 is 5.56 Å². The van der Waals surface area contributed by atoms with Gasteiger partial charge in [-0.3, -0.25) is 15.0 Å². The number of halogens is 1. The topological polar surface area (TPSA) is 74.9 Å². The normalized spacial score (nSPS) is 10.2. The zero-order valence-electron chi connectivity index (χ0n) is 12.9. The Hall–Kier alpha value is -2.39. The van der Waals surface area contributed by atoms with E-state index in [-0.39, 0.29) is 17.9 Å². The summed E-state index contributed by atoms with van der Waals surface area (Å²) in [6.07, 6.45) is 0.835. The predicted octanol–water partition coefficient (Wildman–Crippen LogP) is 2.80. The van der Waals surface area contributed by atoms with E-state index >= 15 is 0 Å². The first-order valence-corrected chi connectivity index (χ1v) is 7.90. The van der Waals surface area contributed by atoms with E-state index in [2.05, 4.69) is 21.4 Å². The Balaban J connectivity index is 2.20. The number of hydrogen-bond donors (Lipinski definition) is 1. The Morgan fingerprint density at radius 1 is 1.30 bits per heavy atom. The van der Waals surface area contributed by atoms with Gasteiger partial charge in [-0.25, -0.2) is 4.68 Å². The number of aromatic nitrogens is 1. The molecule has 2 aromatic rings. The average molecular weight is 374 g/mol. The fraction of sp³-hybridized carbons (Fsp3) is 0.235. The molecule has 0 radical (unpaired) electrons.